The molecule has 1 heterocycles. The largest absolute Gasteiger partial charge is 0.417 e. The molecule has 3 rings (SSSR count). The van der Waals surface area contributed by atoms with E-state index in [4.69, 9.17) is 4.42 Å². The Bertz CT molecular complexity index is 924. The van der Waals surface area contributed by atoms with Crippen LogP contribution in [0.5, 0.6) is 0 Å². The predicted molar refractivity (Wildman–Crippen MR) is 76.2 cm³/mol. The highest BCUT2D eigenvalue weighted by Crippen LogP contribution is 2.29. The fourth-order valence-corrected chi connectivity index (χ4v) is 2.04. The standard InChI is InChI=1S/C15H9F3N2O3/c16-15(17,18)9-3-1-8(2-4-9)13(21)19-10-5-6-12-11(7-10)20-14(22)23-12/h1-7H,(H,19,21)(H,20,22). The van der Waals surface area contributed by atoms with Crippen molar-refractivity contribution < 1.29 is 22.4 Å². The first kappa shape index (κ1) is 14.9. The minimum atomic E-state index is -4.45. The van der Waals surface area contributed by atoms with Crippen molar-refractivity contribution in [1.82, 2.24) is 4.98 Å². The number of H-pyrrole nitrogens is 1. The molecule has 0 unspecified atom stereocenters. The van der Waals surface area contributed by atoms with Crippen LogP contribution < -0.4 is 11.1 Å². The molecular formula is C15H9F3N2O3. The highest BCUT2D eigenvalue weighted by Gasteiger charge is 2.30. The first-order valence-corrected chi connectivity index (χ1v) is 6.44. The molecule has 0 saturated carbocycles. The Morgan fingerprint density at radius 2 is 1.78 bits per heavy atom. The molecule has 0 aliphatic rings. The van der Waals surface area contributed by atoms with Crippen molar-refractivity contribution in [2.24, 2.45) is 0 Å². The van der Waals surface area contributed by atoms with Crippen molar-refractivity contribution in [1.29, 1.82) is 0 Å². The van der Waals surface area contributed by atoms with Gasteiger partial charge in [0.15, 0.2) is 5.58 Å². The number of nitrogens with one attached hydrogen (secondary N) is 2. The predicted octanol–water partition coefficient (Wildman–Crippen LogP) is 3.39. The Kier molecular flexibility index (Phi) is 3.44. The number of fused-ring (bicyclic) bond motifs is 1. The summed E-state index contributed by atoms with van der Waals surface area (Å²) in [5, 5.41) is 2.53. The summed E-state index contributed by atoms with van der Waals surface area (Å²) in [5.74, 6) is -1.19. The van der Waals surface area contributed by atoms with E-state index in [-0.39, 0.29) is 5.56 Å². The van der Waals surface area contributed by atoms with Crippen LogP contribution in [-0.4, -0.2) is 10.9 Å². The zero-order valence-electron chi connectivity index (χ0n) is 11.4. The van der Waals surface area contributed by atoms with Crippen LogP contribution >= 0.6 is 0 Å². The molecule has 2 N–H and O–H groups in total. The van der Waals surface area contributed by atoms with Gasteiger partial charge in [-0.2, -0.15) is 13.2 Å². The Balaban J connectivity index is 1.81. The number of aromatic nitrogens is 1. The quantitative estimate of drug-likeness (QED) is 0.759. The van der Waals surface area contributed by atoms with Gasteiger partial charge in [-0.05, 0) is 42.5 Å². The fraction of sp³-hybridized carbons (Fsp3) is 0.0667. The van der Waals surface area contributed by atoms with Crippen molar-refractivity contribution >= 4 is 22.7 Å². The molecule has 1 aromatic heterocycles. The Hall–Kier alpha value is -3.03. The number of halogens is 3. The smallest absolute Gasteiger partial charge is 0.408 e. The summed E-state index contributed by atoms with van der Waals surface area (Å²) in [6, 6.07) is 8.36. The van der Waals surface area contributed by atoms with Gasteiger partial charge in [0, 0.05) is 11.3 Å². The van der Waals surface area contributed by atoms with E-state index in [9.17, 15) is 22.8 Å². The maximum Gasteiger partial charge on any atom is 0.417 e. The van der Waals surface area contributed by atoms with Crippen molar-refractivity contribution in [2.75, 3.05) is 5.32 Å². The molecule has 0 fully saturated rings. The molecular weight excluding hydrogens is 313 g/mol. The number of alkyl halides is 3. The number of oxazole rings is 1. The van der Waals surface area contributed by atoms with E-state index in [1.54, 1.807) is 0 Å². The number of aromatic amines is 1. The first-order chi connectivity index (χ1) is 10.8. The van der Waals surface area contributed by atoms with E-state index >= 15 is 0 Å². The van der Waals surface area contributed by atoms with Crippen LogP contribution in [0.2, 0.25) is 0 Å². The third-order valence-electron chi connectivity index (χ3n) is 3.15. The zero-order valence-corrected chi connectivity index (χ0v) is 11.4. The van der Waals surface area contributed by atoms with E-state index in [1.165, 1.54) is 18.2 Å². The molecule has 5 nitrogen and oxygen atoms in total. The summed E-state index contributed by atoms with van der Waals surface area (Å²) in [4.78, 5) is 25.5. The Morgan fingerprint density at radius 3 is 2.43 bits per heavy atom. The molecule has 0 atom stereocenters. The molecule has 0 spiro atoms. The van der Waals surface area contributed by atoms with E-state index in [0.717, 1.165) is 24.3 Å². The van der Waals surface area contributed by atoms with Crippen molar-refractivity contribution in [3.05, 3.63) is 64.1 Å². The van der Waals surface area contributed by atoms with E-state index < -0.39 is 23.4 Å². The molecule has 0 radical (unpaired) electrons. The molecule has 3 aromatic rings. The van der Waals surface area contributed by atoms with Gasteiger partial charge in [-0.15, -0.1) is 0 Å². The number of benzene rings is 2. The summed E-state index contributed by atoms with van der Waals surface area (Å²) in [6.07, 6.45) is -4.45. The second-order valence-electron chi connectivity index (χ2n) is 4.75. The summed E-state index contributed by atoms with van der Waals surface area (Å²) in [6.45, 7) is 0. The highest BCUT2D eigenvalue weighted by molar-refractivity contribution is 6.04. The SMILES string of the molecule is O=C(Nc1ccc2oc(=O)[nH]c2c1)c1ccc(C(F)(F)F)cc1. The number of carbonyl (C=O) groups excluding carboxylic acids is 1. The lowest BCUT2D eigenvalue weighted by Gasteiger charge is -2.08. The molecule has 8 heteroatoms. The minimum absolute atomic E-state index is 0.0822. The number of hydrogen-bond acceptors (Lipinski definition) is 3. The molecule has 118 valence electrons. The summed E-state index contributed by atoms with van der Waals surface area (Å²) in [5.41, 5.74) is 0.368. The van der Waals surface area contributed by atoms with Crippen LogP contribution in [-0.2, 0) is 6.18 Å². The number of hydrogen-bond donors (Lipinski definition) is 2. The van der Waals surface area contributed by atoms with E-state index in [1.807, 2.05) is 0 Å². The number of amides is 1. The zero-order chi connectivity index (χ0) is 16.6. The topological polar surface area (TPSA) is 75.1 Å². The van der Waals surface area contributed by atoms with Crippen molar-refractivity contribution in [3.63, 3.8) is 0 Å². The molecule has 23 heavy (non-hydrogen) atoms. The van der Waals surface area contributed by atoms with Gasteiger partial charge in [0.25, 0.3) is 5.91 Å². The second-order valence-corrected chi connectivity index (χ2v) is 4.75. The number of rotatable bonds is 2. The van der Waals surface area contributed by atoms with Gasteiger partial charge >= 0.3 is 11.9 Å². The maximum atomic E-state index is 12.5. The number of carbonyl (C=O) groups is 1. The molecule has 2 aromatic carbocycles. The normalized spacial score (nSPS) is 11.6. The van der Waals surface area contributed by atoms with Crippen LogP contribution in [0, 0.1) is 0 Å². The van der Waals surface area contributed by atoms with Gasteiger partial charge < -0.3 is 9.73 Å². The number of anilines is 1. The van der Waals surface area contributed by atoms with Crippen molar-refractivity contribution in [3.8, 4) is 0 Å². The molecule has 1 amide bonds. The summed E-state index contributed by atoms with van der Waals surface area (Å²) < 4.78 is 42.3. The third kappa shape index (κ3) is 3.10. The van der Waals surface area contributed by atoms with Crippen LogP contribution in [0.4, 0.5) is 18.9 Å². The van der Waals surface area contributed by atoms with E-state index in [2.05, 4.69) is 10.3 Å². The fourth-order valence-electron chi connectivity index (χ4n) is 2.04. The van der Waals surface area contributed by atoms with Gasteiger partial charge in [0.05, 0.1) is 11.1 Å². The lowest BCUT2D eigenvalue weighted by atomic mass is 10.1. The van der Waals surface area contributed by atoms with Crippen LogP contribution in [0.15, 0.2) is 51.7 Å². The van der Waals surface area contributed by atoms with Gasteiger partial charge in [0.1, 0.15) is 0 Å². The van der Waals surface area contributed by atoms with Crippen molar-refractivity contribution in [2.45, 2.75) is 6.18 Å². The minimum Gasteiger partial charge on any atom is -0.408 e. The second kappa shape index (κ2) is 5.31. The average Bonchev–Trinajstić information content (AvgIpc) is 2.86. The lowest BCUT2D eigenvalue weighted by Crippen LogP contribution is -2.12. The Labute approximate surface area is 126 Å². The molecule has 0 aliphatic carbocycles. The summed E-state index contributed by atoms with van der Waals surface area (Å²) in [7, 11) is 0. The highest BCUT2D eigenvalue weighted by atomic mass is 19.4. The Morgan fingerprint density at radius 1 is 1.09 bits per heavy atom. The molecule has 0 saturated heterocycles. The van der Waals surface area contributed by atoms with Gasteiger partial charge in [-0.1, -0.05) is 0 Å². The van der Waals surface area contributed by atoms with Gasteiger partial charge in [-0.25, -0.2) is 4.79 Å². The molecule has 0 bridgehead atoms. The first-order valence-electron chi connectivity index (χ1n) is 6.44. The molecule has 0 aliphatic heterocycles. The van der Waals surface area contributed by atoms with Crippen LogP contribution in [0.25, 0.3) is 11.1 Å². The van der Waals surface area contributed by atoms with Crippen LogP contribution in [0.3, 0.4) is 0 Å². The monoisotopic (exact) mass is 322 g/mol. The van der Waals surface area contributed by atoms with Gasteiger partial charge in [-0.3, -0.25) is 9.78 Å². The maximum absolute atomic E-state index is 12.5. The summed E-state index contributed by atoms with van der Waals surface area (Å²) >= 11 is 0. The van der Waals surface area contributed by atoms with E-state index in [0.29, 0.717) is 16.8 Å². The van der Waals surface area contributed by atoms with Crippen LogP contribution in [0.1, 0.15) is 15.9 Å². The third-order valence-corrected chi connectivity index (χ3v) is 3.15. The lowest BCUT2D eigenvalue weighted by molar-refractivity contribution is -0.137. The van der Waals surface area contributed by atoms with Gasteiger partial charge in [0.2, 0.25) is 0 Å². The average molecular weight is 322 g/mol.